The molecule has 7 nitrogen and oxygen atoms in total. The van der Waals surface area contributed by atoms with Gasteiger partial charge in [0.2, 0.25) is 0 Å². The number of nitrogens with zero attached hydrogens (tertiary/aromatic N) is 4. The largest absolute Gasteiger partial charge is 0.456 e. The third-order valence-electron chi connectivity index (χ3n) is 12.4. The van der Waals surface area contributed by atoms with E-state index in [0.29, 0.717) is 17.5 Å². The summed E-state index contributed by atoms with van der Waals surface area (Å²) < 4.78 is 22.0. The van der Waals surface area contributed by atoms with Crippen molar-refractivity contribution in [1.82, 2.24) is 19.5 Å². The molecule has 0 atom stereocenters. The van der Waals surface area contributed by atoms with Gasteiger partial charge in [-0.25, -0.2) is 15.0 Å². The SMILES string of the molecule is c1ccc2cc3c(cc2c1)c1ccccc1n3-c1ccc(-c2nc(-c3cccc4oc5ccccc5c34)nc(-c3cccc4oc5ccccc5c34)n2)c2c1oc1ccccc12. The molecule has 0 aliphatic heterocycles. The summed E-state index contributed by atoms with van der Waals surface area (Å²) in [7, 11) is 0. The highest BCUT2D eigenvalue weighted by atomic mass is 16.3. The summed E-state index contributed by atoms with van der Waals surface area (Å²) in [6.07, 6.45) is 0. The lowest BCUT2D eigenvalue weighted by molar-refractivity contribution is 0.666. The van der Waals surface area contributed by atoms with Gasteiger partial charge in [0.25, 0.3) is 0 Å². The van der Waals surface area contributed by atoms with E-state index in [1.807, 2.05) is 72.8 Å². The Hall–Kier alpha value is -8.55. The number of para-hydroxylation sites is 4. The zero-order chi connectivity index (χ0) is 40.5. The van der Waals surface area contributed by atoms with Gasteiger partial charge in [-0.1, -0.05) is 121 Å². The lowest BCUT2D eigenvalue weighted by atomic mass is 10.0. The van der Waals surface area contributed by atoms with Gasteiger partial charge in [-0.2, -0.15) is 0 Å². The number of hydrogen-bond acceptors (Lipinski definition) is 6. The standard InChI is InChI=1S/C55H30N4O3/c1-2-14-32-30-43-40(29-31(32)13-1)33-15-3-7-21-41(33)59(43)42-28-27-39(51-36-18-6-10-24-46(36)62-52(42)51)55-57-53(37-19-11-25-47-49(37)34-16-4-8-22-44(34)60-47)56-54(58-55)38-20-12-26-48-50(38)35-17-5-9-23-45(35)61-48/h1-30H. The Morgan fingerprint density at radius 3 is 1.40 bits per heavy atom. The second-order valence-corrected chi connectivity index (χ2v) is 15.9. The molecule has 5 heterocycles. The van der Waals surface area contributed by atoms with E-state index in [4.69, 9.17) is 28.2 Å². The molecule has 288 valence electrons. The van der Waals surface area contributed by atoms with E-state index in [1.165, 1.54) is 21.5 Å². The Labute approximate surface area is 351 Å². The van der Waals surface area contributed by atoms with Gasteiger partial charge in [0.05, 0.1) is 16.7 Å². The topological polar surface area (TPSA) is 83.0 Å². The van der Waals surface area contributed by atoms with Crippen molar-refractivity contribution >= 4 is 98.4 Å². The molecule has 0 spiro atoms. The van der Waals surface area contributed by atoms with Crippen LogP contribution in [-0.4, -0.2) is 19.5 Å². The minimum atomic E-state index is 0.524. The summed E-state index contributed by atoms with van der Waals surface area (Å²) in [5.41, 5.74) is 10.3. The van der Waals surface area contributed by atoms with Crippen LogP contribution in [0.5, 0.6) is 0 Å². The van der Waals surface area contributed by atoms with Gasteiger partial charge in [0.15, 0.2) is 23.1 Å². The first-order chi connectivity index (χ1) is 30.7. The molecule has 0 bridgehead atoms. The number of fused-ring (bicyclic) bond motifs is 13. The molecule has 0 saturated carbocycles. The molecule has 0 saturated heterocycles. The van der Waals surface area contributed by atoms with Crippen molar-refractivity contribution in [3.05, 3.63) is 182 Å². The minimum absolute atomic E-state index is 0.524. The van der Waals surface area contributed by atoms with Gasteiger partial charge in [-0.05, 0) is 71.4 Å². The molecule has 5 aromatic heterocycles. The number of hydrogen-bond donors (Lipinski definition) is 0. The Morgan fingerprint density at radius 2 is 0.790 bits per heavy atom. The molecule has 62 heavy (non-hydrogen) atoms. The molecular weight excluding hydrogens is 765 g/mol. The molecule has 14 aromatic rings. The first-order valence-electron chi connectivity index (χ1n) is 20.7. The van der Waals surface area contributed by atoms with Crippen LogP contribution in [0.1, 0.15) is 0 Å². The molecule has 0 unspecified atom stereocenters. The zero-order valence-corrected chi connectivity index (χ0v) is 32.8. The highest BCUT2D eigenvalue weighted by Gasteiger charge is 2.25. The Morgan fingerprint density at radius 1 is 0.323 bits per heavy atom. The maximum Gasteiger partial charge on any atom is 0.164 e. The summed E-state index contributed by atoms with van der Waals surface area (Å²) in [5.74, 6) is 1.59. The summed E-state index contributed by atoms with van der Waals surface area (Å²) in [6, 6.07) is 62.6. The first-order valence-corrected chi connectivity index (χ1v) is 20.7. The fourth-order valence-electron chi connectivity index (χ4n) is 9.75. The van der Waals surface area contributed by atoms with E-state index in [9.17, 15) is 0 Å². The third-order valence-corrected chi connectivity index (χ3v) is 12.4. The van der Waals surface area contributed by atoms with E-state index in [0.717, 1.165) is 99.2 Å². The van der Waals surface area contributed by atoms with Crippen molar-refractivity contribution < 1.29 is 13.3 Å². The number of rotatable bonds is 4. The Kier molecular flexibility index (Phi) is 6.71. The van der Waals surface area contributed by atoms with Crippen molar-refractivity contribution in [1.29, 1.82) is 0 Å². The van der Waals surface area contributed by atoms with Crippen molar-refractivity contribution in [2.24, 2.45) is 0 Å². The molecule has 0 amide bonds. The molecule has 9 aromatic carbocycles. The van der Waals surface area contributed by atoms with E-state index in [1.54, 1.807) is 0 Å². The summed E-state index contributed by atoms with van der Waals surface area (Å²) in [5, 5.41) is 10.5. The monoisotopic (exact) mass is 794 g/mol. The zero-order valence-electron chi connectivity index (χ0n) is 32.8. The number of benzene rings is 9. The van der Waals surface area contributed by atoms with E-state index in [-0.39, 0.29) is 0 Å². The Bertz CT molecular complexity index is 4060. The van der Waals surface area contributed by atoms with Gasteiger partial charge < -0.3 is 17.8 Å². The van der Waals surface area contributed by atoms with Gasteiger partial charge in [0, 0.05) is 59.8 Å². The molecular formula is C55H30N4O3. The van der Waals surface area contributed by atoms with Crippen LogP contribution in [-0.2, 0) is 0 Å². The molecule has 14 rings (SSSR count). The molecule has 0 aliphatic carbocycles. The van der Waals surface area contributed by atoms with Gasteiger partial charge >= 0.3 is 0 Å². The van der Waals surface area contributed by atoms with E-state index >= 15 is 0 Å². The van der Waals surface area contributed by atoms with Crippen molar-refractivity contribution in [2.75, 3.05) is 0 Å². The van der Waals surface area contributed by atoms with Crippen molar-refractivity contribution in [3.63, 3.8) is 0 Å². The van der Waals surface area contributed by atoms with E-state index < -0.39 is 0 Å². The van der Waals surface area contributed by atoms with Gasteiger partial charge in [0.1, 0.15) is 27.9 Å². The van der Waals surface area contributed by atoms with Crippen LogP contribution in [0.25, 0.3) is 138 Å². The van der Waals surface area contributed by atoms with Crippen LogP contribution < -0.4 is 0 Å². The third kappa shape index (κ3) is 4.67. The highest BCUT2D eigenvalue weighted by molar-refractivity contribution is 6.18. The van der Waals surface area contributed by atoms with Crippen LogP contribution in [0.3, 0.4) is 0 Å². The number of aromatic nitrogens is 4. The normalized spacial score (nSPS) is 12.2. The fraction of sp³-hybridized carbons (Fsp3) is 0. The maximum absolute atomic E-state index is 6.96. The highest BCUT2D eigenvalue weighted by Crippen LogP contribution is 2.44. The maximum atomic E-state index is 6.96. The summed E-state index contributed by atoms with van der Waals surface area (Å²) in [6.45, 7) is 0. The summed E-state index contributed by atoms with van der Waals surface area (Å²) in [4.78, 5) is 16.1. The second kappa shape index (κ2) is 12.5. The second-order valence-electron chi connectivity index (χ2n) is 15.9. The van der Waals surface area contributed by atoms with Crippen LogP contribution in [0, 0.1) is 0 Å². The predicted octanol–water partition coefficient (Wildman–Crippen LogP) is 14.8. The van der Waals surface area contributed by atoms with E-state index in [2.05, 4.69) is 114 Å². The van der Waals surface area contributed by atoms with Crippen LogP contribution in [0.2, 0.25) is 0 Å². The first kappa shape index (κ1) is 33.3. The van der Waals surface area contributed by atoms with Crippen LogP contribution in [0.4, 0.5) is 0 Å². The van der Waals surface area contributed by atoms with Crippen molar-refractivity contribution in [2.45, 2.75) is 0 Å². The molecule has 0 N–H and O–H groups in total. The molecule has 0 radical (unpaired) electrons. The average molecular weight is 795 g/mol. The van der Waals surface area contributed by atoms with Crippen LogP contribution in [0.15, 0.2) is 195 Å². The van der Waals surface area contributed by atoms with Crippen LogP contribution >= 0.6 is 0 Å². The molecule has 0 fully saturated rings. The van der Waals surface area contributed by atoms with Gasteiger partial charge in [-0.3, -0.25) is 0 Å². The lowest BCUT2D eigenvalue weighted by Gasteiger charge is -2.13. The summed E-state index contributed by atoms with van der Waals surface area (Å²) >= 11 is 0. The Balaban J connectivity index is 1.09. The van der Waals surface area contributed by atoms with Crippen molar-refractivity contribution in [3.8, 4) is 39.9 Å². The predicted molar refractivity (Wildman–Crippen MR) is 250 cm³/mol. The smallest absolute Gasteiger partial charge is 0.164 e. The number of furan rings is 3. The quantitative estimate of drug-likeness (QED) is 0.176. The lowest BCUT2D eigenvalue weighted by Crippen LogP contribution is -2.02. The molecule has 7 heteroatoms. The minimum Gasteiger partial charge on any atom is -0.456 e. The van der Waals surface area contributed by atoms with Gasteiger partial charge in [-0.15, -0.1) is 0 Å². The average Bonchev–Trinajstić information content (AvgIpc) is 4.09. The molecule has 0 aliphatic rings. The fourth-order valence-corrected chi connectivity index (χ4v) is 9.75.